The molecule has 0 unspecified atom stereocenters. The Kier molecular flexibility index (Phi) is 4.81. The first-order valence-corrected chi connectivity index (χ1v) is 6.69. The van der Waals surface area contributed by atoms with Crippen LogP contribution < -0.4 is 10.6 Å². The minimum atomic E-state index is -0.385. The number of hydrogen-bond acceptors (Lipinski definition) is 4. The third-order valence-electron chi connectivity index (χ3n) is 2.69. The second kappa shape index (κ2) is 6.78. The van der Waals surface area contributed by atoms with E-state index < -0.39 is 0 Å². The zero-order chi connectivity index (χ0) is 15.2. The summed E-state index contributed by atoms with van der Waals surface area (Å²) in [6.45, 7) is 4.96. The van der Waals surface area contributed by atoms with Gasteiger partial charge in [0.05, 0.1) is 0 Å². The molecule has 1 amide bonds. The van der Waals surface area contributed by atoms with Crippen LogP contribution in [0.3, 0.4) is 0 Å². The highest BCUT2D eigenvalue weighted by molar-refractivity contribution is 6.02. The highest BCUT2D eigenvalue weighted by Gasteiger charge is 2.08. The first kappa shape index (κ1) is 14.9. The zero-order valence-corrected chi connectivity index (χ0v) is 11.9. The number of hydrogen-bond donors (Lipinski definition) is 2. The summed E-state index contributed by atoms with van der Waals surface area (Å²) in [6.07, 6.45) is 0. The Balaban J connectivity index is 1.97. The lowest BCUT2D eigenvalue weighted by molar-refractivity contribution is 0.102. The van der Waals surface area contributed by atoms with Crippen molar-refractivity contribution in [1.82, 2.24) is 10.2 Å². The first-order chi connectivity index (χ1) is 10.0. The summed E-state index contributed by atoms with van der Waals surface area (Å²) in [7, 11) is 0. The molecule has 2 rings (SSSR count). The molecule has 0 atom stereocenters. The van der Waals surface area contributed by atoms with Crippen LogP contribution in [0.25, 0.3) is 0 Å². The number of aromatic nitrogens is 2. The molecule has 0 aliphatic rings. The molecule has 0 saturated carbocycles. The van der Waals surface area contributed by atoms with E-state index in [1.807, 2.05) is 0 Å². The minimum Gasteiger partial charge on any atom is -0.368 e. The molecule has 5 nitrogen and oxygen atoms in total. The lowest BCUT2D eigenvalue weighted by atomic mass is 10.2. The van der Waals surface area contributed by atoms with Crippen molar-refractivity contribution in [1.29, 1.82) is 0 Å². The maximum Gasteiger partial charge on any atom is 0.276 e. The van der Waals surface area contributed by atoms with Gasteiger partial charge in [-0.3, -0.25) is 4.79 Å². The molecule has 0 aliphatic heterocycles. The number of rotatable bonds is 5. The van der Waals surface area contributed by atoms with E-state index in [9.17, 15) is 9.18 Å². The summed E-state index contributed by atoms with van der Waals surface area (Å²) < 4.78 is 12.8. The zero-order valence-electron chi connectivity index (χ0n) is 11.9. The minimum absolute atomic E-state index is 0.203. The van der Waals surface area contributed by atoms with E-state index in [-0.39, 0.29) is 17.4 Å². The maximum absolute atomic E-state index is 12.8. The molecule has 1 heterocycles. The van der Waals surface area contributed by atoms with Gasteiger partial charge in [0.2, 0.25) is 0 Å². The van der Waals surface area contributed by atoms with Gasteiger partial charge in [0.1, 0.15) is 11.6 Å². The molecule has 6 heteroatoms. The van der Waals surface area contributed by atoms with Gasteiger partial charge in [0.15, 0.2) is 5.69 Å². The Bertz CT molecular complexity index is 596. The quantitative estimate of drug-likeness (QED) is 0.887. The van der Waals surface area contributed by atoms with E-state index >= 15 is 0 Å². The Labute approximate surface area is 122 Å². The van der Waals surface area contributed by atoms with Crippen LogP contribution >= 0.6 is 0 Å². The summed E-state index contributed by atoms with van der Waals surface area (Å²) in [4.78, 5) is 11.9. The largest absolute Gasteiger partial charge is 0.368 e. The highest BCUT2D eigenvalue weighted by atomic mass is 19.1. The fourth-order valence-corrected chi connectivity index (χ4v) is 1.58. The van der Waals surface area contributed by atoms with Crippen LogP contribution in [0.4, 0.5) is 15.9 Å². The van der Waals surface area contributed by atoms with Crippen LogP contribution in [0.5, 0.6) is 0 Å². The molecule has 1 aromatic carbocycles. The molecule has 0 bridgehead atoms. The fourth-order valence-electron chi connectivity index (χ4n) is 1.58. The number of benzene rings is 1. The van der Waals surface area contributed by atoms with E-state index in [4.69, 9.17) is 0 Å². The summed E-state index contributed by atoms with van der Waals surface area (Å²) in [5.74, 6) is 0.383. The average Bonchev–Trinajstić information content (AvgIpc) is 2.48. The van der Waals surface area contributed by atoms with E-state index in [1.165, 1.54) is 24.3 Å². The van der Waals surface area contributed by atoms with Gasteiger partial charge in [-0.1, -0.05) is 13.8 Å². The van der Waals surface area contributed by atoms with Crippen LogP contribution in [0, 0.1) is 11.7 Å². The predicted octanol–water partition coefficient (Wildman–Crippen LogP) is 2.94. The number of halogens is 1. The van der Waals surface area contributed by atoms with Crippen LogP contribution in [-0.2, 0) is 0 Å². The average molecular weight is 288 g/mol. The summed E-state index contributed by atoms with van der Waals surface area (Å²) in [5, 5.41) is 13.6. The second-order valence-corrected chi connectivity index (χ2v) is 5.04. The molecule has 0 aliphatic carbocycles. The van der Waals surface area contributed by atoms with Gasteiger partial charge in [-0.2, -0.15) is 0 Å². The predicted molar refractivity (Wildman–Crippen MR) is 79.7 cm³/mol. The molecule has 0 fully saturated rings. The van der Waals surface area contributed by atoms with Crippen LogP contribution in [0.15, 0.2) is 36.4 Å². The third-order valence-corrected chi connectivity index (χ3v) is 2.69. The van der Waals surface area contributed by atoms with Crippen LogP contribution in [0.1, 0.15) is 24.3 Å². The summed E-state index contributed by atoms with van der Waals surface area (Å²) in [5.41, 5.74) is 0.708. The molecule has 0 spiro atoms. The van der Waals surface area contributed by atoms with Crippen molar-refractivity contribution in [3.8, 4) is 0 Å². The van der Waals surface area contributed by atoms with E-state index in [1.54, 1.807) is 12.1 Å². The summed E-state index contributed by atoms with van der Waals surface area (Å²) in [6, 6.07) is 8.82. The van der Waals surface area contributed by atoms with Crippen molar-refractivity contribution < 1.29 is 9.18 Å². The van der Waals surface area contributed by atoms with Gasteiger partial charge in [-0.15, -0.1) is 10.2 Å². The molecule has 21 heavy (non-hydrogen) atoms. The van der Waals surface area contributed by atoms with Gasteiger partial charge < -0.3 is 10.6 Å². The molecule has 1 aromatic heterocycles. The number of amides is 1. The van der Waals surface area contributed by atoms with Crippen molar-refractivity contribution in [3.05, 3.63) is 47.9 Å². The van der Waals surface area contributed by atoms with E-state index in [2.05, 4.69) is 34.7 Å². The maximum atomic E-state index is 12.8. The van der Waals surface area contributed by atoms with E-state index in [0.717, 1.165) is 6.54 Å². The fraction of sp³-hybridized carbons (Fsp3) is 0.267. The topological polar surface area (TPSA) is 66.9 Å². The molecule has 2 aromatic rings. The standard InChI is InChI=1S/C15H17FN4O/c1-10(2)9-17-14-8-7-13(19-20-14)15(21)18-12-5-3-11(16)4-6-12/h3-8,10H,9H2,1-2H3,(H,17,20)(H,18,21). The van der Waals surface area contributed by atoms with Gasteiger partial charge in [-0.25, -0.2) is 4.39 Å². The third kappa shape index (κ3) is 4.52. The number of nitrogens with one attached hydrogen (secondary N) is 2. The van der Waals surface area contributed by atoms with Gasteiger partial charge in [0.25, 0.3) is 5.91 Å². The van der Waals surface area contributed by atoms with E-state index in [0.29, 0.717) is 17.4 Å². The molecule has 0 radical (unpaired) electrons. The Morgan fingerprint density at radius 1 is 1.14 bits per heavy atom. The Morgan fingerprint density at radius 3 is 2.43 bits per heavy atom. The normalized spacial score (nSPS) is 10.5. The van der Waals surface area contributed by atoms with Crippen molar-refractivity contribution in [2.45, 2.75) is 13.8 Å². The lowest BCUT2D eigenvalue weighted by Gasteiger charge is -2.08. The van der Waals surface area contributed by atoms with Gasteiger partial charge in [-0.05, 0) is 42.3 Å². The molecule has 2 N–H and O–H groups in total. The van der Waals surface area contributed by atoms with Crippen molar-refractivity contribution in [2.75, 3.05) is 17.2 Å². The summed E-state index contributed by atoms with van der Waals surface area (Å²) >= 11 is 0. The monoisotopic (exact) mass is 288 g/mol. The number of carbonyl (C=O) groups excluding carboxylic acids is 1. The molecule has 0 saturated heterocycles. The lowest BCUT2D eigenvalue weighted by Crippen LogP contribution is -2.15. The Hall–Kier alpha value is -2.50. The number of nitrogens with zero attached hydrogens (tertiary/aromatic N) is 2. The molecular formula is C15H17FN4O. The van der Waals surface area contributed by atoms with Crippen molar-refractivity contribution in [2.24, 2.45) is 5.92 Å². The van der Waals surface area contributed by atoms with Gasteiger partial charge >= 0.3 is 0 Å². The SMILES string of the molecule is CC(C)CNc1ccc(C(=O)Nc2ccc(F)cc2)nn1. The first-order valence-electron chi connectivity index (χ1n) is 6.69. The van der Waals surface area contributed by atoms with Crippen molar-refractivity contribution >= 4 is 17.4 Å². The van der Waals surface area contributed by atoms with Crippen molar-refractivity contribution in [3.63, 3.8) is 0 Å². The molecular weight excluding hydrogens is 271 g/mol. The smallest absolute Gasteiger partial charge is 0.276 e. The Morgan fingerprint density at radius 2 is 1.86 bits per heavy atom. The van der Waals surface area contributed by atoms with Crippen LogP contribution in [0.2, 0.25) is 0 Å². The number of anilines is 2. The molecule has 110 valence electrons. The highest BCUT2D eigenvalue weighted by Crippen LogP contribution is 2.10. The van der Waals surface area contributed by atoms with Gasteiger partial charge in [0, 0.05) is 12.2 Å². The number of carbonyl (C=O) groups is 1. The van der Waals surface area contributed by atoms with Crippen LogP contribution in [-0.4, -0.2) is 22.6 Å². The second-order valence-electron chi connectivity index (χ2n) is 5.04.